The molecular formula is C19H32O3. The van der Waals surface area contributed by atoms with E-state index < -0.39 is 6.10 Å². The predicted octanol–water partition coefficient (Wildman–Crippen LogP) is 3.93. The molecule has 0 aromatic heterocycles. The highest BCUT2D eigenvalue weighted by atomic mass is 16.5. The van der Waals surface area contributed by atoms with Crippen LogP contribution in [0.2, 0.25) is 0 Å². The number of aliphatic hydroxyl groups is 2. The lowest BCUT2D eigenvalue weighted by molar-refractivity contribution is 0.0814. The summed E-state index contributed by atoms with van der Waals surface area (Å²) in [6, 6.07) is 4.36. The molecular weight excluding hydrogens is 276 g/mol. The van der Waals surface area contributed by atoms with E-state index in [4.69, 9.17) is 9.84 Å². The lowest BCUT2D eigenvalue weighted by atomic mass is 9.80. The second-order valence-electron chi connectivity index (χ2n) is 7.09. The first-order valence-corrected chi connectivity index (χ1v) is 8.31. The molecule has 0 heterocycles. The minimum atomic E-state index is -0.682. The van der Waals surface area contributed by atoms with Crippen molar-refractivity contribution in [3.8, 4) is 5.75 Å². The van der Waals surface area contributed by atoms with Crippen molar-refractivity contribution in [3.05, 3.63) is 28.8 Å². The third-order valence-corrected chi connectivity index (χ3v) is 4.06. The van der Waals surface area contributed by atoms with Gasteiger partial charge in [-0.1, -0.05) is 45.4 Å². The van der Waals surface area contributed by atoms with E-state index in [2.05, 4.69) is 46.8 Å². The fourth-order valence-electron chi connectivity index (χ4n) is 2.88. The van der Waals surface area contributed by atoms with Gasteiger partial charge < -0.3 is 14.9 Å². The summed E-state index contributed by atoms with van der Waals surface area (Å²) in [5.41, 5.74) is 3.57. The van der Waals surface area contributed by atoms with Crippen LogP contribution in [0.15, 0.2) is 12.1 Å². The van der Waals surface area contributed by atoms with Gasteiger partial charge in [0.15, 0.2) is 0 Å². The highest BCUT2D eigenvalue weighted by Gasteiger charge is 2.26. The fourth-order valence-corrected chi connectivity index (χ4v) is 2.88. The maximum atomic E-state index is 9.85. The van der Waals surface area contributed by atoms with Crippen molar-refractivity contribution < 1.29 is 14.9 Å². The summed E-state index contributed by atoms with van der Waals surface area (Å²) in [6.07, 6.45) is 0.780. The van der Waals surface area contributed by atoms with Crippen molar-refractivity contribution in [1.82, 2.24) is 0 Å². The molecule has 0 radical (unpaired) electrons. The summed E-state index contributed by atoms with van der Waals surface area (Å²) < 4.78 is 6.00. The normalized spacial score (nSPS) is 14.7. The van der Waals surface area contributed by atoms with E-state index in [1.54, 1.807) is 0 Å². The minimum Gasteiger partial charge on any atom is -0.493 e. The SMILES string of the molecule is CCOc1c(C(CC)CC(O)CO)cc(C)cc1C(C)(C)C. The lowest BCUT2D eigenvalue weighted by Crippen LogP contribution is -2.19. The third kappa shape index (κ3) is 4.72. The molecule has 0 aliphatic heterocycles. The Labute approximate surface area is 135 Å². The zero-order valence-electron chi connectivity index (χ0n) is 14.9. The summed E-state index contributed by atoms with van der Waals surface area (Å²) in [6.45, 7) is 13.2. The predicted molar refractivity (Wildman–Crippen MR) is 91.8 cm³/mol. The van der Waals surface area contributed by atoms with Gasteiger partial charge in [-0.15, -0.1) is 0 Å². The average Bonchev–Trinajstić information content (AvgIpc) is 2.45. The first kappa shape index (κ1) is 19.0. The Morgan fingerprint density at radius 3 is 2.27 bits per heavy atom. The van der Waals surface area contributed by atoms with Crippen molar-refractivity contribution in [2.45, 2.75) is 71.8 Å². The molecule has 0 saturated heterocycles. The number of hydrogen-bond acceptors (Lipinski definition) is 3. The Balaban J connectivity index is 3.40. The molecule has 0 fully saturated rings. The molecule has 1 aromatic rings. The van der Waals surface area contributed by atoms with Crippen molar-refractivity contribution in [2.24, 2.45) is 0 Å². The zero-order valence-corrected chi connectivity index (χ0v) is 14.9. The second kappa shape index (κ2) is 7.98. The Kier molecular flexibility index (Phi) is 6.89. The molecule has 126 valence electrons. The van der Waals surface area contributed by atoms with E-state index in [0.29, 0.717) is 13.0 Å². The molecule has 0 saturated carbocycles. The Morgan fingerprint density at radius 2 is 1.82 bits per heavy atom. The molecule has 0 amide bonds. The van der Waals surface area contributed by atoms with Crippen molar-refractivity contribution >= 4 is 0 Å². The van der Waals surface area contributed by atoms with Crippen LogP contribution in [0, 0.1) is 6.92 Å². The van der Waals surface area contributed by atoms with Crippen LogP contribution in [0.4, 0.5) is 0 Å². The minimum absolute atomic E-state index is 0.000834. The van der Waals surface area contributed by atoms with Gasteiger partial charge in [0.25, 0.3) is 0 Å². The molecule has 0 bridgehead atoms. The molecule has 22 heavy (non-hydrogen) atoms. The molecule has 0 spiro atoms. The summed E-state index contributed by atoms with van der Waals surface area (Å²) in [5.74, 6) is 1.14. The highest BCUT2D eigenvalue weighted by molar-refractivity contribution is 5.49. The fraction of sp³-hybridized carbons (Fsp3) is 0.684. The molecule has 0 aliphatic carbocycles. The maximum Gasteiger partial charge on any atom is 0.126 e. The van der Waals surface area contributed by atoms with E-state index in [9.17, 15) is 5.11 Å². The number of ether oxygens (including phenoxy) is 1. The van der Waals surface area contributed by atoms with Gasteiger partial charge in [0, 0.05) is 5.56 Å². The van der Waals surface area contributed by atoms with E-state index in [-0.39, 0.29) is 17.9 Å². The Hall–Kier alpha value is -1.06. The van der Waals surface area contributed by atoms with E-state index in [1.807, 2.05) is 6.92 Å². The maximum absolute atomic E-state index is 9.85. The van der Waals surface area contributed by atoms with Crippen LogP contribution in [0.25, 0.3) is 0 Å². The number of hydrogen-bond donors (Lipinski definition) is 2. The van der Waals surface area contributed by atoms with Gasteiger partial charge in [0.2, 0.25) is 0 Å². The molecule has 1 aromatic carbocycles. The molecule has 2 N–H and O–H groups in total. The number of benzene rings is 1. The highest BCUT2D eigenvalue weighted by Crippen LogP contribution is 2.40. The standard InChI is InChI=1S/C19H32O3/c1-7-14(11-15(21)12-20)16-9-13(3)10-17(19(4,5)6)18(16)22-8-2/h9-10,14-15,20-21H,7-8,11-12H2,1-6H3. The van der Waals surface area contributed by atoms with Gasteiger partial charge in [0.1, 0.15) is 5.75 Å². The van der Waals surface area contributed by atoms with Crippen molar-refractivity contribution in [2.75, 3.05) is 13.2 Å². The Morgan fingerprint density at radius 1 is 1.18 bits per heavy atom. The summed E-state index contributed by atoms with van der Waals surface area (Å²) >= 11 is 0. The van der Waals surface area contributed by atoms with Crippen LogP contribution in [-0.2, 0) is 5.41 Å². The molecule has 3 heteroatoms. The van der Waals surface area contributed by atoms with E-state index in [1.165, 1.54) is 11.1 Å². The smallest absolute Gasteiger partial charge is 0.126 e. The summed E-state index contributed by atoms with van der Waals surface area (Å²) in [5, 5.41) is 19.0. The van der Waals surface area contributed by atoms with Gasteiger partial charge in [0.05, 0.1) is 19.3 Å². The van der Waals surface area contributed by atoms with Gasteiger partial charge in [-0.3, -0.25) is 0 Å². The largest absolute Gasteiger partial charge is 0.493 e. The second-order valence-corrected chi connectivity index (χ2v) is 7.09. The average molecular weight is 308 g/mol. The number of aliphatic hydroxyl groups excluding tert-OH is 2. The monoisotopic (exact) mass is 308 g/mol. The zero-order chi connectivity index (χ0) is 16.9. The number of rotatable bonds is 7. The van der Waals surface area contributed by atoms with Crippen LogP contribution >= 0.6 is 0 Å². The van der Waals surface area contributed by atoms with Gasteiger partial charge >= 0.3 is 0 Å². The van der Waals surface area contributed by atoms with Crippen molar-refractivity contribution in [1.29, 1.82) is 0 Å². The summed E-state index contributed by atoms with van der Waals surface area (Å²) in [7, 11) is 0. The van der Waals surface area contributed by atoms with Crippen LogP contribution in [0.3, 0.4) is 0 Å². The molecule has 3 nitrogen and oxygen atoms in total. The first-order chi connectivity index (χ1) is 10.2. The molecule has 2 unspecified atom stereocenters. The topological polar surface area (TPSA) is 49.7 Å². The van der Waals surface area contributed by atoms with E-state index >= 15 is 0 Å². The van der Waals surface area contributed by atoms with Crippen LogP contribution < -0.4 is 4.74 Å². The van der Waals surface area contributed by atoms with E-state index in [0.717, 1.165) is 17.7 Å². The first-order valence-electron chi connectivity index (χ1n) is 8.31. The van der Waals surface area contributed by atoms with Gasteiger partial charge in [-0.05, 0) is 43.6 Å². The van der Waals surface area contributed by atoms with Gasteiger partial charge in [-0.2, -0.15) is 0 Å². The third-order valence-electron chi connectivity index (χ3n) is 4.06. The number of aryl methyl sites for hydroxylation is 1. The van der Waals surface area contributed by atoms with Crippen LogP contribution in [0.5, 0.6) is 5.75 Å². The molecule has 1 rings (SSSR count). The van der Waals surface area contributed by atoms with Gasteiger partial charge in [-0.25, -0.2) is 0 Å². The van der Waals surface area contributed by atoms with Crippen LogP contribution in [-0.4, -0.2) is 29.5 Å². The molecule has 0 aliphatic rings. The van der Waals surface area contributed by atoms with Crippen LogP contribution in [0.1, 0.15) is 70.1 Å². The Bertz CT molecular complexity index is 474. The lowest BCUT2D eigenvalue weighted by Gasteiger charge is -2.28. The summed E-state index contributed by atoms with van der Waals surface area (Å²) in [4.78, 5) is 0. The molecule has 2 atom stereocenters. The van der Waals surface area contributed by atoms with Crippen molar-refractivity contribution in [3.63, 3.8) is 0 Å². The quantitative estimate of drug-likeness (QED) is 0.802.